The van der Waals surface area contributed by atoms with Crippen LogP contribution in [-0.4, -0.2) is 91.3 Å². The Bertz CT molecular complexity index is 1860. The van der Waals surface area contributed by atoms with Gasteiger partial charge in [-0.3, -0.25) is 14.3 Å². The Kier molecular flexibility index (Phi) is 8.85. The van der Waals surface area contributed by atoms with E-state index >= 15 is 0 Å². The fourth-order valence-electron chi connectivity index (χ4n) is 7.31. The van der Waals surface area contributed by atoms with E-state index in [9.17, 15) is 27.2 Å². The van der Waals surface area contributed by atoms with Gasteiger partial charge >= 0.3 is 6.61 Å². The van der Waals surface area contributed by atoms with E-state index in [1.807, 2.05) is 0 Å². The maximum atomic E-state index is 13.6. The lowest BCUT2D eigenvalue weighted by molar-refractivity contribution is -0.131. The smallest absolute Gasteiger partial charge is 0.387 e. The minimum Gasteiger partial charge on any atom is -0.434 e. The van der Waals surface area contributed by atoms with Crippen molar-refractivity contribution in [2.45, 2.75) is 44.8 Å². The minimum absolute atomic E-state index is 0.00963. The van der Waals surface area contributed by atoms with Gasteiger partial charge in [-0.1, -0.05) is 11.6 Å². The summed E-state index contributed by atoms with van der Waals surface area (Å²) in [6, 6.07) is 5.64. The Hall–Kier alpha value is -4.44. The number of fused-ring (bicyclic) bond motifs is 2. The van der Waals surface area contributed by atoms with Crippen molar-refractivity contribution < 1.29 is 31.9 Å². The first-order valence-electron chi connectivity index (χ1n) is 16.0. The number of ether oxygens (including phenoxy) is 1. The van der Waals surface area contributed by atoms with E-state index in [4.69, 9.17) is 22.1 Å². The van der Waals surface area contributed by atoms with Gasteiger partial charge in [-0.05, 0) is 54.9 Å². The molecule has 0 radical (unpaired) electrons. The van der Waals surface area contributed by atoms with E-state index in [-0.39, 0.29) is 87.8 Å². The summed E-state index contributed by atoms with van der Waals surface area (Å²) in [7, 11) is 0. The highest BCUT2D eigenvalue weighted by Crippen LogP contribution is 2.39. The van der Waals surface area contributed by atoms with Gasteiger partial charge in [0.2, 0.25) is 11.8 Å². The van der Waals surface area contributed by atoms with Crippen molar-refractivity contribution in [2.75, 3.05) is 43.8 Å². The zero-order chi connectivity index (χ0) is 34.4. The van der Waals surface area contributed by atoms with Crippen LogP contribution in [0.5, 0.6) is 5.75 Å². The predicted octanol–water partition coefficient (Wildman–Crippen LogP) is 4.90. The fraction of sp³-hybridized carbons (Fsp3) is 0.469. The highest BCUT2D eigenvalue weighted by molar-refractivity contribution is 6.31. The van der Waals surface area contributed by atoms with Crippen molar-refractivity contribution in [3.63, 3.8) is 0 Å². The van der Waals surface area contributed by atoms with Crippen LogP contribution < -0.4 is 15.8 Å². The van der Waals surface area contributed by atoms with E-state index < -0.39 is 18.4 Å². The third-order valence-electron chi connectivity index (χ3n) is 9.64. The second kappa shape index (κ2) is 13.1. The van der Waals surface area contributed by atoms with E-state index in [0.29, 0.717) is 25.9 Å². The number of nitrogens with two attached hydrogens (primary N) is 1. The van der Waals surface area contributed by atoms with Crippen LogP contribution in [0.4, 0.5) is 29.1 Å². The topological polar surface area (TPSA) is 136 Å². The molecule has 12 nitrogen and oxygen atoms in total. The van der Waals surface area contributed by atoms with Gasteiger partial charge in [0, 0.05) is 74.7 Å². The Morgan fingerprint density at radius 1 is 1.10 bits per heavy atom. The molecule has 1 aliphatic carbocycles. The number of carbonyl (C=O) groups is 2. The van der Waals surface area contributed by atoms with Gasteiger partial charge in [-0.2, -0.15) is 13.9 Å². The molecular weight excluding hydrogens is 670 g/mol. The molecule has 2 aliphatic heterocycles. The van der Waals surface area contributed by atoms with E-state index in [1.54, 1.807) is 17.2 Å². The van der Waals surface area contributed by atoms with E-state index in [1.165, 1.54) is 39.8 Å². The number of alkyl halides is 4. The number of likely N-dealkylation sites (tertiary alicyclic amines) is 2. The summed E-state index contributed by atoms with van der Waals surface area (Å²) in [6.45, 7) is 0.210. The monoisotopic (exact) mass is 703 g/mol. The molecule has 7 rings (SSSR count). The second-order valence-corrected chi connectivity index (χ2v) is 13.5. The number of hydrogen-bond donors (Lipinski definition) is 2. The standard InChI is InChI=1S/C32H34ClF4N9O3/c33-21-2-3-24(49-31(34)35)22(10-21)27-23(40-30(48)26-28(38)42-46-9-1-8-39-29(26)46)16-45(41-27)17-25(47)44-14-19-12-43(13-20(19)15-44)11-18-4-6-32(36,37)7-5-18/h1-3,8-10,16,18-20,31H,4-7,11-15,17H2,(H2,38,42)(H,40,48). The van der Waals surface area contributed by atoms with Gasteiger partial charge in [0.25, 0.3) is 5.91 Å². The summed E-state index contributed by atoms with van der Waals surface area (Å²) in [6.07, 6.45) is 5.45. The van der Waals surface area contributed by atoms with Crippen molar-refractivity contribution in [1.82, 2.24) is 34.2 Å². The molecule has 1 aromatic carbocycles. The predicted molar refractivity (Wildman–Crippen MR) is 172 cm³/mol. The van der Waals surface area contributed by atoms with Crippen LogP contribution in [0.15, 0.2) is 42.9 Å². The molecule has 2 saturated heterocycles. The third kappa shape index (κ3) is 7.02. The molecule has 3 aromatic heterocycles. The Labute approximate surface area is 283 Å². The molecule has 260 valence electrons. The Balaban J connectivity index is 1.08. The first-order chi connectivity index (χ1) is 23.4. The number of halogens is 5. The average Bonchev–Trinajstić information content (AvgIpc) is 3.80. The molecule has 49 heavy (non-hydrogen) atoms. The number of nitrogens with zero attached hydrogens (tertiary/aromatic N) is 7. The normalized spacial score (nSPS) is 21.1. The molecule has 2 atom stereocenters. The SMILES string of the molecule is Nc1nn2cccnc2c1C(=O)Nc1cn(CC(=O)N2CC3CN(CC4CCC(F)(F)CC4)CC3C2)nc1-c1cc(Cl)ccc1OC(F)F. The molecule has 3 fully saturated rings. The van der Waals surface area contributed by atoms with Gasteiger partial charge in [0.1, 0.15) is 23.6 Å². The first kappa shape index (κ1) is 33.1. The van der Waals surface area contributed by atoms with E-state index in [2.05, 4.69) is 25.4 Å². The van der Waals surface area contributed by atoms with Crippen LogP contribution in [0.1, 0.15) is 36.0 Å². The van der Waals surface area contributed by atoms with Crippen LogP contribution in [0, 0.1) is 17.8 Å². The Morgan fingerprint density at radius 3 is 2.55 bits per heavy atom. The lowest BCUT2D eigenvalue weighted by Gasteiger charge is -2.31. The summed E-state index contributed by atoms with van der Waals surface area (Å²) >= 11 is 6.23. The van der Waals surface area contributed by atoms with E-state index in [0.717, 1.165) is 19.6 Å². The van der Waals surface area contributed by atoms with Crippen LogP contribution in [-0.2, 0) is 11.3 Å². The van der Waals surface area contributed by atoms with Crippen LogP contribution in [0.2, 0.25) is 5.02 Å². The van der Waals surface area contributed by atoms with Crippen LogP contribution in [0.3, 0.4) is 0 Å². The highest BCUT2D eigenvalue weighted by atomic mass is 35.5. The first-order valence-corrected chi connectivity index (χ1v) is 16.4. The molecule has 0 bridgehead atoms. The summed E-state index contributed by atoms with van der Waals surface area (Å²) in [5.41, 5.74) is 6.43. The highest BCUT2D eigenvalue weighted by Gasteiger charge is 2.43. The number of rotatable bonds is 9. The fourth-order valence-corrected chi connectivity index (χ4v) is 7.49. The number of hydrogen-bond acceptors (Lipinski definition) is 8. The molecule has 0 spiro atoms. The molecule has 5 heterocycles. The number of nitrogen functional groups attached to an aromatic ring is 1. The molecule has 2 unspecified atom stereocenters. The largest absolute Gasteiger partial charge is 0.434 e. The quantitative estimate of drug-likeness (QED) is 0.235. The summed E-state index contributed by atoms with van der Waals surface area (Å²) in [5.74, 6) is -2.91. The Morgan fingerprint density at radius 2 is 1.84 bits per heavy atom. The summed E-state index contributed by atoms with van der Waals surface area (Å²) < 4.78 is 61.3. The molecule has 2 amide bonds. The maximum Gasteiger partial charge on any atom is 0.387 e. The number of aromatic nitrogens is 5. The number of anilines is 2. The third-order valence-corrected chi connectivity index (χ3v) is 9.87. The van der Waals surface area contributed by atoms with Crippen molar-refractivity contribution in [3.05, 3.63) is 53.4 Å². The lowest BCUT2D eigenvalue weighted by atomic mass is 9.86. The molecule has 3 aliphatic rings. The van der Waals surface area contributed by atoms with Gasteiger partial charge in [-0.25, -0.2) is 18.3 Å². The van der Waals surface area contributed by atoms with Crippen molar-refractivity contribution >= 4 is 40.6 Å². The second-order valence-electron chi connectivity index (χ2n) is 13.0. The molecule has 4 aromatic rings. The van der Waals surface area contributed by atoms with Gasteiger partial charge < -0.3 is 25.6 Å². The number of amides is 2. The maximum absolute atomic E-state index is 13.6. The van der Waals surface area contributed by atoms with Gasteiger partial charge in [-0.15, -0.1) is 5.10 Å². The van der Waals surface area contributed by atoms with Crippen molar-refractivity contribution in [2.24, 2.45) is 17.8 Å². The zero-order valence-corrected chi connectivity index (χ0v) is 27.0. The minimum atomic E-state index is -3.15. The molecule has 17 heteroatoms. The zero-order valence-electron chi connectivity index (χ0n) is 26.2. The van der Waals surface area contributed by atoms with Crippen molar-refractivity contribution in [3.8, 4) is 17.0 Å². The molecule has 1 saturated carbocycles. The number of nitrogens with one attached hydrogen (secondary N) is 1. The molecule has 3 N–H and O–H groups in total. The van der Waals surface area contributed by atoms with Crippen molar-refractivity contribution in [1.29, 1.82) is 0 Å². The number of benzene rings is 1. The van der Waals surface area contributed by atoms with Gasteiger partial charge in [0.05, 0.1) is 5.69 Å². The lowest BCUT2D eigenvalue weighted by Crippen LogP contribution is -2.37. The van der Waals surface area contributed by atoms with Crippen LogP contribution >= 0.6 is 11.6 Å². The summed E-state index contributed by atoms with van der Waals surface area (Å²) in [5, 5.41) is 11.6. The van der Waals surface area contributed by atoms with Crippen LogP contribution in [0.25, 0.3) is 16.9 Å². The molecular formula is C32H34ClF4N9O3. The number of carbonyl (C=O) groups excluding carboxylic acids is 2. The van der Waals surface area contributed by atoms with Gasteiger partial charge in [0.15, 0.2) is 11.5 Å². The summed E-state index contributed by atoms with van der Waals surface area (Å²) in [4.78, 5) is 35.4. The average molecular weight is 704 g/mol.